The third-order valence-electron chi connectivity index (χ3n) is 3.48. The quantitative estimate of drug-likeness (QED) is 0.932. The Bertz CT molecular complexity index is 675. The molecule has 0 saturated carbocycles. The van der Waals surface area contributed by atoms with Gasteiger partial charge in [0.05, 0.1) is 0 Å². The van der Waals surface area contributed by atoms with Crippen LogP contribution in [0.5, 0.6) is 0 Å². The van der Waals surface area contributed by atoms with Gasteiger partial charge in [-0.2, -0.15) is 0 Å². The van der Waals surface area contributed by atoms with E-state index in [1.165, 1.54) is 17.8 Å². The highest BCUT2D eigenvalue weighted by Gasteiger charge is 2.18. The number of carbonyl (C=O) groups is 1. The number of carbonyl (C=O) groups excluding carboxylic acids is 1. The Hall–Kier alpha value is -1.99. The van der Waals surface area contributed by atoms with Gasteiger partial charge in [-0.15, -0.1) is 10.2 Å². The minimum absolute atomic E-state index is 0.116. The number of benzene rings is 1. The van der Waals surface area contributed by atoms with Gasteiger partial charge in [0.15, 0.2) is 5.69 Å². The molecular weight excluding hydrogens is 317 g/mol. The average Bonchev–Trinajstić information content (AvgIpc) is 2.58. The Morgan fingerprint density at radius 1 is 1.17 bits per heavy atom. The molecule has 0 aliphatic carbocycles. The second-order valence-corrected chi connectivity index (χ2v) is 6.21. The number of hydrogen-bond acceptors (Lipinski definition) is 5. The van der Waals surface area contributed by atoms with Gasteiger partial charge in [-0.05, 0) is 37.1 Å². The predicted octanol–water partition coefficient (Wildman–Crippen LogP) is 2.68. The molecule has 0 unspecified atom stereocenters. The van der Waals surface area contributed by atoms with Crippen molar-refractivity contribution in [2.24, 2.45) is 0 Å². The fourth-order valence-electron chi connectivity index (χ4n) is 2.24. The zero-order valence-electron chi connectivity index (χ0n) is 12.4. The molecule has 1 aromatic carbocycles. The third kappa shape index (κ3) is 4.27. The molecule has 23 heavy (non-hydrogen) atoms. The molecule has 2 aromatic rings. The number of amides is 1. The first-order valence-corrected chi connectivity index (χ1v) is 8.19. The van der Waals surface area contributed by atoms with Crippen LogP contribution in [0.1, 0.15) is 23.3 Å². The molecule has 3 rings (SSSR count). The zero-order chi connectivity index (χ0) is 16.1. The summed E-state index contributed by atoms with van der Waals surface area (Å²) in [7, 11) is 0. The van der Waals surface area contributed by atoms with Crippen molar-refractivity contribution in [1.82, 2.24) is 15.5 Å². The monoisotopic (exact) mass is 333 g/mol. The lowest BCUT2D eigenvalue weighted by Gasteiger charge is -2.22. The van der Waals surface area contributed by atoms with Gasteiger partial charge in [0.2, 0.25) is 0 Å². The predicted molar refractivity (Wildman–Crippen MR) is 83.9 cm³/mol. The van der Waals surface area contributed by atoms with Gasteiger partial charge in [0, 0.05) is 24.2 Å². The molecule has 0 spiro atoms. The first kappa shape index (κ1) is 15.9. The summed E-state index contributed by atoms with van der Waals surface area (Å²) >= 11 is 1.17. The molecule has 5 nitrogen and oxygen atoms in total. The van der Waals surface area contributed by atoms with Crippen LogP contribution in [0.3, 0.4) is 0 Å². The minimum Gasteiger partial charge on any atom is -0.381 e. The normalized spacial score (nSPS) is 15.3. The van der Waals surface area contributed by atoms with E-state index in [2.05, 4.69) is 15.5 Å². The van der Waals surface area contributed by atoms with Crippen molar-refractivity contribution >= 4 is 17.7 Å². The van der Waals surface area contributed by atoms with Crippen LogP contribution < -0.4 is 5.32 Å². The maximum atomic E-state index is 13.6. The lowest BCUT2D eigenvalue weighted by atomic mass is 10.1. The van der Waals surface area contributed by atoms with Gasteiger partial charge >= 0.3 is 0 Å². The second kappa shape index (κ2) is 7.52. The summed E-state index contributed by atoms with van der Waals surface area (Å²) in [6.07, 6.45) is 1.61. The van der Waals surface area contributed by atoms with Crippen LogP contribution in [0.25, 0.3) is 0 Å². The largest absolute Gasteiger partial charge is 0.381 e. The summed E-state index contributed by atoms with van der Waals surface area (Å²) in [5.74, 6) is -0.549. The lowest BCUT2D eigenvalue weighted by molar-refractivity contribution is 0.0693. The molecule has 0 bridgehead atoms. The summed E-state index contributed by atoms with van der Waals surface area (Å²) in [5.41, 5.74) is 0.259. The smallest absolute Gasteiger partial charge is 0.272 e. The number of aromatic nitrogens is 2. The number of ether oxygens (including phenoxy) is 1. The van der Waals surface area contributed by atoms with Gasteiger partial charge in [0.25, 0.3) is 5.91 Å². The van der Waals surface area contributed by atoms with Gasteiger partial charge in [0.1, 0.15) is 10.8 Å². The van der Waals surface area contributed by atoms with Crippen LogP contribution in [0.15, 0.2) is 46.3 Å². The van der Waals surface area contributed by atoms with Crippen molar-refractivity contribution in [1.29, 1.82) is 0 Å². The van der Waals surface area contributed by atoms with E-state index in [1.54, 1.807) is 30.3 Å². The molecule has 0 radical (unpaired) electrons. The Morgan fingerprint density at radius 3 is 2.65 bits per heavy atom. The van der Waals surface area contributed by atoms with Crippen molar-refractivity contribution in [3.8, 4) is 0 Å². The van der Waals surface area contributed by atoms with E-state index in [9.17, 15) is 9.18 Å². The zero-order valence-corrected chi connectivity index (χ0v) is 13.2. The molecule has 120 valence electrons. The molecule has 0 atom stereocenters. The fraction of sp³-hybridized carbons (Fsp3) is 0.312. The number of rotatable bonds is 4. The van der Waals surface area contributed by atoms with Crippen molar-refractivity contribution in [3.05, 3.63) is 47.9 Å². The van der Waals surface area contributed by atoms with Crippen molar-refractivity contribution in [2.45, 2.75) is 28.8 Å². The number of halogens is 1. The molecule has 1 aliphatic rings. The summed E-state index contributed by atoms with van der Waals surface area (Å²) < 4.78 is 18.9. The van der Waals surface area contributed by atoms with E-state index in [-0.39, 0.29) is 23.5 Å². The Kier molecular flexibility index (Phi) is 5.19. The van der Waals surface area contributed by atoms with E-state index in [0.29, 0.717) is 23.1 Å². The third-order valence-corrected chi connectivity index (χ3v) is 4.46. The highest BCUT2D eigenvalue weighted by atomic mass is 32.2. The standard InChI is InChI=1S/C16H16FN3O2S/c17-12-3-1-2-4-14(12)23-15-6-5-13(19-20-15)16(21)18-11-7-9-22-10-8-11/h1-6,11H,7-10H2,(H,18,21). The average molecular weight is 333 g/mol. The van der Waals surface area contributed by atoms with Crippen LogP contribution >= 0.6 is 11.8 Å². The highest BCUT2D eigenvalue weighted by Crippen LogP contribution is 2.27. The summed E-state index contributed by atoms with van der Waals surface area (Å²) in [5, 5.41) is 11.4. The molecule has 7 heteroatoms. The summed E-state index contributed by atoms with van der Waals surface area (Å²) in [6, 6.07) is 9.85. The first-order valence-electron chi connectivity index (χ1n) is 7.37. The van der Waals surface area contributed by atoms with Gasteiger partial charge in [-0.1, -0.05) is 23.9 Å². The van der Waals surface area contributed by atoms with Crippen molar-refractivity contribution in [3.63, 3.8) is 0 Å². The number of hydrogen-bond donors (Lipinski definition) is 1. The Morgan fingerprint density at radius 2 is 1.96 bits per heavy atom. The topological polar surface area (TPSA) is 64.1 Å². The van der Waals surface area contributed by atoms with Gasteiger partial charge in [-0.3, -0.25) is 4.79 Å². The highest BCUT2D eigenvalue weighted by molar-refractivity contribution is 7.99. The van der Waals surface area contributed by atoms with E-state index in [0.717, 1.165) is 12.8 Å². The molecular formula is C16H16FN3O2S. The van der Waals surface area contributed by atoms with Crippen LogP contribution in [0.4, 0.5) is 4.39 Å². The maximum absolute atomic E-state index is 13.6. The van der Waals surface area contributed by atoms with E-state index >= 15 is 0 Å². The Labute approximate surface area is 137 Å². The van der Waals surface area contributed by atoms with Crippen LogP contribution in [0, 0.1) is 5.82 Å². The SMILES string of the molecule is O=C(NC1CCOCC1)c1ccc(Sc2ccccc2F)nn1. The molecule has 1 amide bonds. The van der Waals surface area contributed by atoms with E-state index in [1.807, 2.05) is 0 Å². The molecule has 2 heterocycles. The van der Waals surface area contributed by atoms with Gasteiger partial charge < -0.3 is 10.1 Å². The molecule has 1 saturated heterocycles. The van der Waals surface area contributed by atoms with Crippen LogP contribution in [0.2, 0.25) is 0 Å². The fourth-order valence-corrected chi connectivity index (χ4v) is 2.99. The van der Waals surface area contributed by atoms with Crippen LogP contribution in [-0.4, -0.2) is 35.4 Å². The molecule has 1 aromatic heterocycles. The molecule has 1 fully saturated rings. The van der Waals surface area contributed by atoms with Gasteiger partial charge in [-0.25, -0.2) is 4.39 Å². The summed E-state index contributed by atoms with van der Waals surface area (Å²) in [6.45, 7) is 1.32. The minimum atomic E-state index is -0.305. The maximum Gasteiger partial charge on any atom is 0.272 e. The van der Waals surface area contributed by atoms with Crippen molar-refractivity contribution in [2.75, 3.05) is 13.2 Å². The number of nitrogens with zero attached hydrogens (tertiary/aromatic N) is 2. The molecule has 1 N–H and O–H groups in total. The van der Waals surface area contributed by atoms with Crippen molar-refractivity contribution < 1.29 is 13.9 Å². The lowest BCUT2D eigenvalue weighted by Crippen LogP contribution is -2.39. The van der Waals surface area contributed by atoms with E-state index < -0.39 is 0 Å². The molecule has 1 aliphatic heterocycles. The van der Waals surface area contributed by atoms with Crippen LogP contribution in [-0.2, 0) is 4.74 Å². The second-order valence-electron chi connectivity index (χ2n) is 5.15. The summed E-state index contributed by atoms with van der Waals surface area (Å²) in [4.78, 5) is 12.6. The number of nitrogens with one attached hydrogen (secondary N) is 1. The van der Waals surface area contributed by atoms with E-state index in [4.69, 9.17) is 4.74 Å². The Balaban J connectivity index is 1.62. The first-order chi connectivity index (χ1) is 11.2.